The molecule has 3 atom stereocenters. The van der Waals surface area contributed by atoms with Gasteiger partial charge in [-0.25, -0.2) is 0 Å². The number of nitrogens with zero attached hydrogens (tertiary/aromatic N) is 1. The maximum atomic E-state index is 13.2. The molecule has 2 saturated heterocycles. The summed E-state index contributed by atoms with van der Waals surface area (Å²) in [5.74, 6) is 1.92. The van der Waals surface area contributed by atoms with Gasteiger partial charge in [0.05, 0.1) is 6.61 Å². The summed E-state index contributed by atoms with van der Waals surface area (Å²) in [6.07, 6.45) is 4.20. The lowest BCUT2D eigenvalue weighted by atomic mass is 9.78. The zero-order chi connectivity index (χ0) is 16.1. The molecule has 4 heteroatoms. The van der Waals surface area contributed by atoms with Crippen molar-refractivity contribution in [3.63, 3.8) is 0 Å². The number of ether oxygens (including phenoxy) is 2. The lowest BCUT2D eigenvalue weighted by molar-refractivity contribution is -0.141. The highest BCUT2D eigenvalue weighted by molar-refractivity contribution is 5.80. The Morgan fingerprint density at radius 2 is 2.00 bits per heavy atom. The summed E-state index contributed by atoms with van der Waals surface area (Å²) in [6, 6.07) is 0.397. The van der Waals surface area contributed by atoms with E-state index in [1.54, 1.807) is 7.11 Å². The van der Waals surface area contributed by atoms with E-state index < -0.39 is 0 Å². The monoisotopic (exact) mass is 311 g/mol. The van der Waals surface area contributed by atoms with Crippen LogP contribution >= 0.6 is 0 Å². The second-order valence-corrected chi connectivity index (χ2v) is 7.33. The van der Waals surface area contributed by atoms with Crippen molar-refractivity contribution in [3.05, 3.63) is 0 Å². The third kappa shape index (κ3) is 4.02. The molecule has 2 fully saturated rings. The van der Waals surface area contributed by atoms with Crippen LogP contribution in [0, 0.1) is 23.7 Å². The van der Waals surface area contributed by atoms with E-state index in [0.29, 0.717) is 29.7 Å². The minimum Gasteiger partial charge on any atom is -0.384 e. The summed E-state index contributed by atoms with van der Waals surface area (Å²) in [4.78, 5) is 15.4. The molecule has 0 aliphatic carbocycles. The maximum absolute atomic E-state index is 13.2. The average Bonchev–Trinajstić information content (AvgIpc) is 2.91. The van der Waals surface area contributed by atoms with Crippen molar-refractivity contribution in [2.24, 2.45) is 23.7 Å². The highest BCUT2D eigenvalue weighted by atomic mass is 16.5. The summed E-state index contributed by atoms with van der Waals surface area (Å²) in [5.41, 5.74) is 0. The SMILES string of the molecule is CC[C@@H]1CC(COC)CN1C(=O)C(C(C)C)C1CCOCC1. The molecule has 2 unspecified atom stereocenters. The second kappa shape index (κ2) is 8.30. The third-order valence-corrected chi connectivity index (χ3v) is 5.43. The molecule has 22 heavy (non-hydrogen) atoms. The number of likely N-dealkylation sites (tertiary alicyclic amines) is 1. The second-order valence-electron chi connectivity index (χ2n) is 7.33. The first kappa shape index (κ1) is 17.7. The normalized spacial score (nSPS) is 28.3. The number of hydrogen-bond acceptors (Lipinski definition) is 3. The molecule has 2 heterocycles. The minimum absolute atomic E-state index is 0.152. The summed E-state index contributed by atoms with van der Waals surface area (Å²) < 4.78 is 10.8. The van der Waals surface area contributed by atoms with Crippen LogP contribution in [0.15, 0.2) is 0 Å². The van der Waals surface area contributed by atoms with E-state index in [4.69, 9.17) is 9.47 Å². The van der Waals surface area contributed by atoms with Crippen LogP contribution in [-0.4, -0.2) is 50.3 Å². The van der Waals surface area contributed by atoms with E-state index in [9.17, 15) is 4.79 Å². The van der Waals surface area contributed by atoms with Gasteiger partial charge in [-0.3, -0.25) is 4.79 Å². The van der Waals surface area contributed by atoms with Gasteiger partial charge in [0.2, 0.25) is 5.91 Å². The standard InChI is InChI=1S/C18H33NO3/c1-5-16-10-14(12-21-4)11-19(16)18(20)17(13(2)3)15-6-8-22-9-7-15/h13-17H,5-12H2,1-4H3/t14?,16-,17?/m1/s1. The minimum atomic E-state index is 0.152. The molecule has 2 aliphatic rings. The highest BCUT2D eigenvalue weighted by Crippen LogP contribution is 2.35. The lowest BCUT2D eigenvalue weighted by Gasteiger charge is -2.36. The number of hydrogen-bond donors (Lipinski definition) is 0. The van der Waals surface area contributed by atoms with Gasteiger partial charge in [-0.2, -0.15) is 0 Å². The van der Waals surface area contributed by atoms with Crippen molar-refractivity contribution in [1.82, 2.24) is 4.90 Å². The van der Waals surface area contributed by atoms with Crippen LogP contribution in [-0.2, 0) is 14.3 Å². The fourth-order valence-electron chi connectivity index (χ4n) is 4.32. The largest absolute Gasteiger partial charge is 0.384 e. The van der Waals surface area contributed by atoms with Crippen molar-refractivity contribution in [2.75, 3.05) is 33.5 Å². The molecule has 128 valence electrons. The van der Waals surface area contributed by atoms with Gasteiger partial charge in [0.15, 0.2) is 0 Å². The molecular formula is C18H33NO3. The van der Waals surface area contributed by atoms with E-state index >= 15 is 0 Å². The zero-order valence-corrected chi connectivity index (χ0v) is 14.7. The van der Waals surface area contributed by atoms with Crippen LogP contribution in [0.5, 0.6) is 0 Å². The first-order chi connectivity index (χ1) is 10.6. The van der Waals surface area contributed by atoms with Crippen molar-refractivity contribution >= 4 is 5.91 Å². The van der Waals surface area contributed by atoms with Crippen LogP contribution in [0.4, 0.5) is 0 Å². The van der Waals surface area contributed by atoms with Crippen LogP contribution in [0.3, 0.4) is 0 Å². The van der Waals surface area contributed by atoms with Crippen LogP contribution in [0.25, 0.3) is 0 Å². The number of amides is 1. The Balaban J connectivity index is 2.08. The van der Waals surface area contributed by atoms with Crippen LogP contribution in [0.2, 0.25) is 0 Å². The Hall–Kier alpha value is -0.610. The van der Waals surface area contributed by atoms with Gasteiger partial charge in [0, 0.05) is 44.7 Å². The molecule has 2 aliphatic heterocycles. The van der Waals surface area contributed by atoms with E-state index in [1.165, 1.54) is 0 Å². The van der Waals surface area contributed by atoms with Gasteiger partial charge >= 0.3 is 0 Å². The molecule has 0 aromatic carbocycles. The van der Waals surface area contributed by atoms with Gasteiger partial charge in [0.25, 0.3) is 0 Å². The van der Waals surface area contributed by atoms with E-state index in [-0.39, 0.29) is 5.92 Å². The molecule has 1 amide bonds. The predicted octanol–water partition coefficient (Wildman–Crippen LogP) is 2.96. The molecule has 0 aromatic heterocycles. The van der Waals surface area contributed by atoms with E-state index in [0.717, 1.165) is 52.0 Å². The number of carbonyl (C=O) groups is 1. The summed E-state index contributed by atoms with van der Waals surface area (Å²) in [5, 5.41) is 0. The Morgan fingerprint density at radius 3 is 2.55 bits per heavy atom. The molecule has 0 N–H and O–H groups in total. The number of carbonyl (C=O) groups excluding carboxylic acids is 1. The zero-order valence-electron chi connectivity index (χ0n) is 14.7. The summed E-state index contributed by atoms with van der Waals surface area (Å²) in [6.45, 7) is 9.85. The van der Waals surface area contributed by atoms with E-state index in [1.807, 2.05) is 0 Å². The Morgan fingerprint density at radius 1 is 1.32 bits per heavy atom. The Kier molecular flexibility index (Phi) is 6.69. The van der Waals surface area contributed by atoms with Crippen molar-refractivity contribution in [3.8, 4) is 0 Å². The topological polar surface area (TPSA) is 38.8 Å². The van der Waals surface area contributed by atoms with Gasteiger partial charge in [-0.1, -0.05) is 20.8 Å². The quantitative estimate of drug-likeness (QED) is 0.757. The molecule has 0 bridgehead atoms. The van der Waals surface area contributed by atoms with Crippen molar-refractivity contribution in [2.45, 2.75) is 52.5 Å². The van der Waals surface area contributed by atoms with Gasteiger partial charge < -0.3 is 14.4 Å². The average molecular weight is 311 g/mol. The van der Waals surface area contributed by atoms with Gasteiger partial charge in [-0.05, 0) is 37.5 Å². The first-order valence-electron chi connectivity index (χ1n) is 8.95. The first-order valence-corrected chi connectivity index (χ1v) is 8.95. The number of methoxy groups -OCH3 is 1. The molecule has 0 saturated carbocycles. The lowest BCUT2D eigenvalue weighted by Crippen LogP contribution is -2.45. The molecule has 4 nitrogen and oxygen atoms in total. The van der Waals surface area contributed by atoms with Crippen molar-refractivity contribution in [1.29, 1.82) is 0 Å². The fraction of sp³-hybridized carbons (Fsp3) is 0.944. The molecule has 0 radical (unpaired) electrons. The van der Waals surface area contributed by atoms with Crippen molar-refractivity contribution < 1.29 is 14.3 Å². The van der Waals surface area contributed by atoms with Gasteiger partial charge in [0.1, 0.15) is 0 Å². The molecule has 2 rings (SSSR count). The summed E-state index contributed by atoms with van der Waals surface area (Å²) in [7, 11) is 1.75. The molecule has 0 aromatic rings. The Bertz CT molecular complexity index is 352. The predicted molar refractivity (Wildman–Crippen MR) is 87.6 cm³/mol. The fourth-order valence-corrected chi connectivity index (χ4v) is 4.32. The highest BCUT2D eigenvalue weighted by Gasteiger charge is 2.40. The maximum Gasteiger partial charge on any atom is 0.226 e. The van der Waals surface area contributed by atoms with Crippen LogP contribution < -0.4 is 0 Å². The van der Waals surface area contributed by atoms with E-state index in [2.05, 4.69) is 25.7 Å². The third-order valence-electron chi connectivity index (χ3n) is 5.43. The Labute approximate surface area is 135 Å². The summed E-state index contributed by atoms with van der Waals surface area (Å²) >= 11 is 0. The smallest absolute Gasteiger partial charge is 0.226 e. The molecular weight excluding hydrogens is 278 g/mol. The van der Waals surface area contributed by atoms with Crippen LogP contribution in [0.1, 0.15) is 46.5 Å². The number of rotatable bonds is 6. The van der Waals surface area contributed by atoms with Gasteiger partial charge in [-0.15, -0.1) is 0 Å². The molecule has 0 spiro atoms.